The Morgan fingerprint density at radius 2 is 1.67 bits per heavy atom. The first-order valence-electron chi connectivity index (χ1n) is 5.03. The van der Waals surface area contributed by atoms with Gasteiger partial charge in [-0.1, -0.05) is 0 Å². The number of H-pyrrole nitrogens is 2. The van der Waals surface area contributed by atoms with E-state index in [0.29, 0.717) is 16.9 Å². The van der Waals surface area contributed by atoms with Crippen LogP contribution in [0.5, 0.6) is 0 Å². The molecule has 0 aromatic carbocycles. The summed E-state index contributed by atoms with van der Waals surface area (Å²) in [6, 6.07) is 0. The lowest BCUT2D eigenvalue weighted by Crippen LogP contribution is -2.15. The van der Waals surface area contributed by atoms with Crippen LogP contribution < -0.4 is 4.98 Å². The molecule has 18 heavy (non-hydrogen) atoms. The number of carbonyl (C=O) groups excluding carboxylic acids is 2. The van der Waals surface area contributed by atoms with E-state index < -0.39 is 11.9 Å². The number of aryl methyl sites for hydroxylation is 1. The number of carbonyl (C=O) groups is 2. The van der Waals surface area contributed by atoms with Crippen LogP contribution in [0, 0.1) is 6.92 Å². The van der Waals surface area contributed by atoms with Gasteiger partial charge < -0.3 is 9.47 Å². The lowest BCUT2D eigenvalue weighted by atomic mass is 10.2. The molecule has 0 amide bonds. The number of ether oxygens (including phenoxy) is 2. The molecule has 0 fully saturated rings. The summed E-state index contributed by atoms with van der Waals surface area (Å²) in [4.78, 5) is 28.8. The monoisotopic (exact) mass is 251 g/mol. The number of nitrogens with one attached hydrogen (secondary N) is 2. The summed E-state index contributed by atoms with van der Waals surface area (Å²) in [5, 5.41) is 7.37. The van der Waals surface area contributed by atoms with E-state index in [1.54, 1.807) is 6.92 Å². The summed E-state index contributed by atoms with van der Waals surface area (Å²) in [6.45, 7) is 1.74. The topological polar surface area (TPSA) is 108 Å². The Morgan fingerprint density at radius 1 is 1.11 bits per heavy atom. The van der Waals surface area contributed by atoms with Crippen LogP contribution in [-0.2, 0) is 9.47 Å². The first-order valence-corrected chi connectivity index (χ1v) is 5.03. The smallest absolute Gasteiger partial charge is 0.363 e. The van der Waals surface area contributed by atoms with Gasteiger partial charge in [-0.2, -0.15) is 0 Å². The molecule has 2 rings (SSSR count). The molecular weight excluding hydrogens is 240 g/mol. The van der Waals surface area contributed by atoms with Crippen molar-refractivity contribution in [1.29, 1.82) is 0 Å². The van der Waals surface area contributed by atoms with Gasteiger partial charge >= 0.3 is 11.9 Å². The minimum absolute atomic E-state index is 0.00417. The molecule has 0 atom stereocenters. The van der Waals surface area contributed by atoms with Crippen molar-refractivity contribution in [3.8, 4) is 0 Å². The lowest BCUT2D eigenvalue weighted by Gasteiger charge is -1.99. The average molecular weight is 251 g/mol. The molecule has 0 aliphatic heterocycles. The van der Waals surface area contributed by atoms with Crippen molar-refractivity contribution in [1.82, 2.24) is 15.2 Å². The molecule has 2 N–H and O–H groups in total. The molecule has 0 aliphatic carbocycles. The molecule has 0 spiro atoms. The van der Waals surface area contributed by atoms with Gasteiger partial charge in [-0.25, -0.2) is 19.6 Å². The second kappa shape index (κ2) is 4.40. The summed E-state index contributed by atoms with van der Waals surface area (Å²) in [5.41, 5.74) is 0.721. The molecule has 0 unspecified atom stereocenters. The molecule has 8 nitrogen and oxygen atoms in total. The first-order chi connectivity index (χ1) is 8.58. The van der Waals surface area contributed by atoms with E-state index in [-0.39, 0.29) is 11.4 Å². The first kappa shape index (κ1) is 12.0. The fraction of sp³-hybridized carbons (Fsp3) is 0.300. The molecule has 2 aromatic heterocycles. The van der Waals surface area contributed by atoms with E-state index in [4.69, 9.17) is 0 Å². The number of imidazole rings is 1. The molecule has 94 valence electrons. The maximum atomic E-state index is 11.5. The summed E-state index contributed by atoms with van der Waals surface area (Å²) in [5.74, 6) is -0.631. The second-order valence-corrected chi connectivity index (χ2v) is 3.51. The number of fused-ring (bicyclic) bond motifs is 1. The highest BCUT2D eigenvalue weighted by molar-refractivity contribution is 6.04. The number of hydrogen-bond donors (Lipinski definition) is 1. The van der Waals surface area contributed by atoms with Gasteiger partial charge in [0.1, 0.15) is 0 Å². The van der Waals surface area contributed by atoms with Gasteiger partial charge in [-0.15, -0.1) is 10.2 Å². The largest absolute Gasteiger partial charge is 0.464 e. The van der Waals surface area contributed by atoms with Crippen molar-refractivity contribution in [2.75, 3.05) is 14.2 Å². The normalized spacial score (nSPS) is 10.4. The fourth-order valence-electron chi connectivity index (χ4n) is 1.57. The van der Waals surface area contributed by atoms with Crippen LogP contribution in [0.4, 0.5) is 0 Å². The highest BCUT2D eigenvalue weighted by Gasteiger charge is 2.27. The van der Waals surface area contributed by atoms with Crippen molar-refractivity contribution in [3.63, 3.8) is 0 Å². The lowest BCUT2D eigenvalue weighted by molar-refractivity contribution is -0.355. The third kappa shape index (κ3) is 1.77. The fourth-order valence-corrected chi connectivity index (χ4v) is 1.57. The Bertz CT molecular complexity index is 581. The van der Waals surface area contributed by atoms with Crippen molar-refractivity contribution in [2.24, 2.45) is 0 Å². The van der Waals surface area contributed by atoms with Crippen LogP contribution in [0.25, 0.3) is 11.0 Å². The van der Waals surface area contributed by atoms with E-state index in [0.717, 1.165) is 0 Å². The summed E-state index contributed by atoms with van der Waals surface area (Å²) in [7, 11) is 2.48. The maximum Gasteiger partial charge on any atom is 0.363 e. The third-order valence-electron chi connectivity index (χ3n) is 2.36. The quantitative estimate of drug-likeness (QED) is 0.731. The molecule has 8 heteroatoms. The number of rotatable bonds is 2. The number of aromatic nitrogens is 4. The van der Waals surface area contributed by atoms with E-state index in [2.05, 4.69) is 29.6 Å². The molecular formula is C10H11N4O4+. The Balaban J connectivity index is 2.73. The van der Waals surface area contributed by atoms with Gasteiger partial charge in [-0.05, 0) is 0 Å². The van der Waals surface area contributed by atoms with Crippen molar-refractivity contribution in [3.05, 3.63) is 17.2 Å². The highest BCUT2D eigenvalue weighted by atomic mass is 16.5. The van der Waals surface area contributed by atoms with E-state index in [1.165, 1.54) is 14.2 Å². The van der Waals surface area contributed by atoms with Crippen LogP contribution in [0.1, 0.15) is 26.8 Å². The Kier molecular flexibility index (Phi) is 2.92. The van der Waals surface area contributed by atoms with Gasteiger partial charge in [0.15, 0.2) is 0 Å². The van der Waals surface area contributed by atoms with Crippen LogP contribution in [0.3, 0.4) is 0 Å². The summed E-state index contributed by atoms with van der Waals surface area (Å²) >= 11 is 0. The molecule has 2 heterocycles. The standard InChI is InChI=1S/C10H10N4O4/c1-4-11-5-6(12-4)8(10(16)18-3)14-13-7(5)9(15)17-2/h1-3H3,(H,11,12)/p+1. The zero-order valence-electron chi connectivity index (χ0n) is 10.0. The second-order valence-electron chi connectivity index (χ2n) is 3.51. The Labute approximate surface area is 101 Å². The molecule has 0 aliphatic rings. The van der Waals surface area contributed by atoms with Gasteiger partial charge in [0, 0.05) is 6.92 Å². The predicted octanol–water partition coefficient (Wildman–Crippen LogP) is -0.346. The minimum atomic E-state index is -0.640. The molecule has 0 bridgehead atoms. The number of esters is 2. The van der Waals surface area contributed by atoms with Crippen LogP contribution in [-0.4, -0.2) is 41.3 Å². The third-order valence-corrected chi connectivity index (χ3v) is 2.36. The van der Waals surface area contributed by atoms with Crippen molar-refractivity contribution < 1.29 is 24.0 Å². The number of nitrogens with zero attached hydrogens (tertiary/aromatic N) is 2. The molecule has 0 radical (unpaired) electrons. The predicted molar refractivity (Wildman–Crippen MR) is 57.9 cm³/mol. The van der Waals surface area contributed by atoms with Gasteiger partial charge in [-0.3, -0.25) is 0 Å². The summed E-state index contributed by atoms with van der Waals surface area (Å²) < 4.78 is 9.18. The number of methoxy groups -OCH3 is 2. The average Bonchev–Trinajstić information content (AvgIpc) is 2.76. The Morgan fingerprint density at radius 3 is 2.28 bits per heavy atom. The van der Waals surface area contributed by atoms with Crippen LogP contribution in [0.15, 0.2) is 0 Å². The highest BCUT2D eigenvalue weighted by Crippen LogP contribution is 2.15. The van der Waals surface area contributed by atoms with Gasteiger partial charge in [0.2, 0.25) is 28.2 Å². The van der Waals surface area contributed by atoms with Crippen LogP contribution in [0.2, 0.25) is 0 Å². The molecule has 2 aromatic rings. The minimum Gasteiger partial charge on any atom is -0.464 e. The number of aromatic amines is 2. The maximum absolute atomic E-state index is 11.5. The van der Waals surface area contributed by atoms with Crippen molar-refractivity contribution >= 4 is 23.0 Å². The summed E-state index contributed by atoms with van der Waals surface area (Å²) in [6.07, 6.45) is 0. The van der Waals surface area contributed by atoms with Gasteiger partial charge in [0.05, 0.1) is 14.2 Å². The van der Waals surface area contributed by atoms with Crippen LogP contribution >= 0.6 is 0 Å². The van der Waals surface area contributed by atoms with E-state index in [1.807, 2.05) is 0 Å². The van der Waals surface area contributed by atoms with Gasteiger partial charge in [0.25, 0.3) is 0 Å². The zero-order valence-corrected chi connectivity index (χ0v) is 10.0. The SMILES string of the molecule is COC(=O)c1nnc(C(=O)OC)c2[nH+]c(C)[nH]c12. The molecule has 0 saturated heterocycles. The van der Waals surface area contributed by atoms with Crippen molar-refractivity contribution in [2.45, 2.75) is 6.92 Å². The molecule has 0 saturated carbocycles. The zero-order chi connectivity index (χ0) is 13.3. The van der Waals surface area contributed by atoms with E-state index >= 15 is 0 Å². The number of hydrogen-bond acceptors (Lipinski definition) is 6. The van der Waals surface area contributed by atoms with E-state index in [9.17, 15) is 9.59 Å². The Hall–Kier alpha value is -2.51.